The normalized spacial score (nSPS) is 15.2. The highest BCUT2D eigenvalue weighted by molar-refractivity contribution is 4.90. The van der Waals surface area contributed by atoms with E-state index in [9.17, 15) is 0 Å². The zero-order valence-corrected chi connectivity index (χ0v) is 9.78. The van der Waals surface area contributed by atoms with Gasteiger partial charge >= 0.3 is 0 Å². The molecule has 0 aliphatic heterocycles. The van der Waals surface area contributed by atoms with Crippen molar-refractivity contribution in [3.05, 3.63) is 11.7 Å². The molecule has 1 N–H and O–H groups in total. The van der Waals surface area contributed by atoms with Crippen LogP contribution in [0.4, 0.5) is 0 Å². The van der Waals surface area contributed by atoms with E-state index in [1.54, 1.807) is 7.11 Å². The standard InChI is InChI=1S/C10H19N3O2/c1-7(11-3)5-6-9-12-10(13-15-9)8(2)14-4/h7-8,11H,5-6H2,1-4H3. The number of aromatic nitrogens is 2. The third-order valence-corrected chi connectivity index (χ3v) is 2.48. The molecule has 0 fully saturated rings. The number of ether oxygens (including phenoxy) is 1. The predicted octanol–water partition coefficient (Wildman–Crippen LogP) is 1.32. The Labute approximate surface area is 90.2 Å². The summed E-state index contributed by atoms with van der Waals surface area (Å²) in [6.07, 6.45) is 1.68. The minimum absolute atomic E-state index is 0.107. The van der Waals surface area contributed by atoms with Crippen molar-refractivity contribution >= 4 is 0 Å². The zero-order chi connectivity index (χ0) is 11.3. The predicted molar refractivity (Wildman–Crippen MR) is 56.6 cm³/mol. The van der Waals surface area contributed by atoms with Crippen LogP contribution >= 0.6 is 0 Å². The van der Waals surface area contributed by atoms with Crippen LogP contribution in [0.5, 0.6) is 0 Å². The Balaban J connectivity index is 2.46. The lowest BCUT2D eigenvalue weighted by atomic mass is 10.2. The highest BCUT2D eigenvalue weighted by atomic mass is 16.5. The molecule has 0 radical (unpaired) electrons. The number of nitrogens with zero attached hydrogens (tertiary/aromatic N) is 2. The Bertz CT molecular complexity index is 288. The molecule has 0 spiro atoms. The summed E-state index contributed by atoms with van der Waals surface area (Å²) in [5.74, 6) is 1.29. The van der Waals surface area contributed by atoms with Crippen molar-refractivity contribution in [1.29, 1.82) is 0 Å². The van der Waals surface area contributed by atoms with Gasteiger partial charge in [-0.1, -0.05) is 5.16 Å². The molecule has 5 nitrogen and oxygen atoms in total. The molecule has 5 heteroatoms. The maximum atomic E-state index is 5.11. The average molecular weight is 213 g/mol. The van der Waals surface area contributed by atoms with E-state index in [0.717, 1.165) is 12.8 Å². The van der Waals surface area contributed by atoms with Crippen LogP contribution in [0.2, 0.25) is 0 Å². The van der Waals surface area contributed by atoms with Crippen LogP contribution < -0.4 is 5.32 Å². The molecule has 1 aromatic rings. The van der Waals surface area contributed by atoms with Gasteiger partial charge in [0.2, 0.25) is 5.89 Å². The molecule has 2 unspecified atom stereocenters. The van der Waals surface area contributed by atoms with Crippen molar-refractivity contribution in [2.24, 2.45) is 0 Å². The molecule has 0 amide bonds. The van der Waals surface area contributed by atoms with Gasteiger partial charge in [0, 0.05) is 19.6 Å². The highest BCUT2D eigenvalue weighted by Gasteiger charge is 2.13. The maximum Gasteiger partial charge on any atom is 0.226 e. The van der Waals surface area contributed by atoms with Crippen molar-refractivity contribution in [3.63, 3.8) is 0 Å². The lowest BCUT2D eigenvalue weighted by Crippen LogP contribution is -2.21. The van der Waals surface area contributed by atoms with E-state index in [2.05, 4.69) is 22.4 Å². The second kappa shape index (κ2) is 5.82. The first kappa shape index (κ1) is 12.1. The molecule has 2 atom stereocenters. The number of hydrogen-bond acceptors (Lipinski definition) is 5. The van der Waals surface area contributed by atoms with E-state index in [4.69, 9.17) is 9.26 Å². The van der Waals surface area contributed by atoms with Crippen LogP contribution in [0.15, 0.2) is 4.52 Å². The summed E-state index contributed by atoms with van der Waals surface area (Å²) in [6.45, 7) is 4.01. The molecule has 0 bridgehead atoms. The highest BCUT2D eigenvalue weighted by Crippen LogP contribution is 2.12. The fourth-order valence-electron chi connectivity index (χ4n) is 1.12. The first-order valence-corrected chi connectivity index (χ1v) is 5.20. The van der Waals surface area contributed by atoms with Crippen molar-refractivity contribution in [2.45, 2.75) is 38.8 Å². The molecule has 15 heavy (non-hydrogen) atoms. The second-order valence-electron chi connectivity index (χ2n) is 3.65. The van der Waals surface area contributed by atoms with Crippen molar-refractivity contribution in [3.8, 4) is 0 Å². The van der Waals surface area contributed by atoms with Crippen LogP contribution in [-0.4, -0.2) is 30.3 Å². The third kappa shape index (κ3) is 3.60. The van der Waals surface area contributed by atoms with Crippen LogP contribution in [0, 0.1) is 0 Å². The van der Waals surface area contributed by atoms with Gasteiger partial charge in [0.15, 0.2) is 5.82 Å². The number of hydrogen-bond donors (Lipinski definition) is 1. The van der Waals surface area contributed by atoms with Crippen LogP contribution in [0.1, 0.15) is 38.1 Å². The van der Waals surface area contributed by atoms with Gasteiger partial charge in [0.05, 0.1) is 0 Å². The van der Waals surface area contributed by atoms with Gasteiger partial charge in [-0.3, -0.25) is 0 Å². The van der Waals surface area contributed by atoms with Crippen molar-refractivity contribution in [2.75, 3.05) is 14.2 Å². The summed E-state index contributed by atoms with van der Waals surface area (Å²) in [5.41, 5.74) is 0. The monoisotopic (exact) mass is 213 g/mol. The summed E-state index contributed by atoms with van der Waals surface area (Å²) in [4.78, 5) is 4.26. The smallest absolute Gasteiger partial charge is 0.226 e. The number of rotatable bonds is 6. The van der Waals surface area contributed by atoms with E-state index in [0.29, 0.717) is 17.8 Å². The van der Waals surface area contributed by atoms with Crippen LogP contribution in [0.25, 0.3) is 0 Å². The quantitative estimate of drug-likeness (QED) is 0.772. The van der Waals surface area contributed by atoms with E-state index in [1.165, 1.54) is 0 Å². The summed E-state index contributed by atoms with van der Waals surface area (Å²) >= 11 is 0. The summed E-state index contributed by atoms with van der Waals surface area (Å²) < 4.78 is 10.2. The molecule has 0 aliphatic rings. The minimum Gasteiger partial charge on any atom is -0.374 e. The summed E-state index contributed by atoms with van der Waals surface area (Å²) in [5, 5.41) is 7.02. The molecule has 0 aromatic carbocycles. The van der Waals surface area contributed by atoms with Gasteiger partial charge in [-0.2, -0.15) is 4.98 Å². The Kier molecular flexibility index (Phi) is 4.71. The van der Waals surface area contributed by atoms with Gasteiger partial charge < -0.3 is 14.6 Å². The van der Waals surface area contributed by atoms with Crippen LogP contribution in [0.3, 0.4) is 0 Å². The van der Waals surface area contributed by atoms with Gasteiger partial charge in [-0.05, 0) is 27.3 Å². The minimum atomic E-state index is -0.107. The number of nitrogens with one attached hydrogen (secondary N) is 1. The molecule has 86 valence electrons. The van der Waals surface area contributed by atoms with Crippen LogP contribution in [-0.2, 0) is 11.2 Å². The molecule has 0 aliphatic carbocycles. The summed E-state index contributed by atoms with van der Waals surface area (Å²) in [6, 6.07) is 0.459. The van der Waals surface area contributed by atoms with E-state index >= 15 is 0 Å². The molecule has 0 saturated carbocycles. The molecule has 0 saturated heterocycles. The second-order valence-corrected chi connectivity index (χ2v) is 3.65. The average Bonchev–Trinajstić information content (AvgIpc) is 2.73. The van der Waals surface area contributed by atoms with E-state index in [1.807, 2.05) is 14.0 Å². The lowest BCUT2D eigenvalue weighted by molar-refractivity contribution is 0.109. The zero-order valence-electron chi connectivity index (χ0n) is 9.78. The molecule has 1 rings (SSSR count). The fourth-order valence-corrected chi connectivity index (χ4v) is 1.12. The topological polar surface area (TPSA) is 60.2 Å². The Morgan fingerprint density at radius 1 is 1.47 bits per heavy atom. The fraction of sp³-hybridized carbons (Fsp3) is 0.800. The van der Waals surface area contributed by atoms with Crippen molar-refractivity contribution in [1.82, 2.24) is 15.5 Å². The third-order valence-electron chi connectivity index (χ3n) is 2.48. The maximum absolute atomic E-state index is 5.11. The first-order chi connectivity index (χ1) is 7.17. The molecule has 1 aromatic heterocycles. The summed E-state index contributed by atoms with van der Waals surface area (Å²) in [7, 11) is 3.57. The van der Waals surface area contributed by atoms with Crippen molar-refractivity contribution < 1.29 is 9.26 Å². The van der Waals surface area contributed by atoms with Gasteiger partial charge in [-0.15, -0.1) is 0 Å². The van der Waals surface area contributed by atoms with Gasteiger partial charge in [0.25, 0.3) is 0 Å². The number of methoxy groups -OCH3 is 1. The molecule has 1 heterocycles. The molecular weight excluding hydrogens is 194 g/mol. The van der Waals surface area contributed by atoms with E-state index in [-0.39, 0.29) is 6.10 Å². The van der Waals surface area contributed by atoms with Gasteiger partial charge in [-0.25, -0.2) is 0 Å². The molecular formula is C10H19N3O2. The van der Waals surface area contributed by atoms with E-state index < -0.39 is 0 Å². The Morgan fingerprint density at radius 2 is 2.20 bits per heavy atom. The Morgan fingerprint density at radius 3 is 2.80 bits per heavy atom. The van der Waals surface area contributed by atoms with Gasteiger partial charge in [0.1, 0.15) is 6.10 Å². The first-order valence-electron chi connectivity index (χ1n) is 5.20. The largest absolute Gasteiger partial charge is 0.374 e. The lowest BCUT2D eigenvalue weighted by Gasteiger charge is -2.06. The SMILES string of the molecule is CNC(C)CCc1nc(C(C)OC)no1. The Hall–Kier alpha value is -0.940. The number of aryl methyl sites for hydroxylation is 1.